The zero-order chi connectivity index (χ0) is 14.5. The first kappa shape index (κ1) is 14.5. The van der Waals surface area contributed by atoms with Crippen molar-refractivity contribution in [2.75, 3.05) is 37.6 Å². The van der Waals surface area contributed by atoms with Crippen molar-refractivity contribution in [1.82, 2.24) is 10.2 Å². The molecule has 21 heavy (non-hydrogen) atoms. The lowest BCUT2D eigenvalue weighted by Gasteiger charge is -2.27. The second-order valence-corrected chi connectivity index (χ2v) is 6.03. The average Bonchev–Trinajstić information content (AvgIpc) is 2.84. The minimum absolute atomic E-state index is 0.190. The maximum absolute atomic E-state index is 12.4. The summed E-state index contributed by atoms with van der Waals surface area (Å²) in [6.45, 7) is 5.37. The van der Waals surface area contributed by atoms with Crippen LogP contribution in [-0.4, -0.2) is 43.5 Å². The van der Waals surface area contributed by atoms with E-state index in [0.717, 1.165) is 25.3 Å². The minimum atomic E-state index is 0.190. The Labute approximate surface area is 127 Å². The minimum Gasteiger partial charge on any atom is -0.310 e. The van der Waals surface area contributed by atoms with Crippen LogP contribution in [0.1, 0.15) is 31.2 Å². The van der Waals surface area contributed by atoms with Crippen LogP contribution in [0.4, 0.5) is 5.69 Å². The van der Waals surface area contributed by atoms with Gasteiger partial charge in [-0.2, -0.15) is 0 Å². The number of benzene rings is 1. The van der Waals surface area contributed by atoms with E-state index in [0.29, 0.717) is 6.54 Å². The van der Waals surface area contributed by atoms with Crippen LogP contribution in [0.2, 0.25) is 0 Å². The molecule has 2 heterocycles. The van der Waals surface area contributed by atoms with E-state index in [4.69, 9.17) is 0 Å². The molecule has 0 saturated carbocycles. The molecule has 0 bridgehead atoms. The van der Waals surface area contributed by atoms with Gasteiger partial charge in [0.25, 0.3) is 0 Å². The summed E-state index contributed by atoms with van der Waals surface area (Å²) in [5.41, 5.74) is 2.31. The number of fused-ring (bicyclic) bond motifs is 1. The molecule has 0 spiro atoms. The number of nitrogens with zero attached hydrogens (tertiary/aromatic N) is 2. The fraction of sp³-hybridized carbons (Fsp3) is 0.588. The number of hydrogen-bond acceptors (Lipinski definition) is 3. The normalized spacial score (nSPS) is 20.8. The lowest BCUT2D eigenvalue weighted by atomic mass is 10.1. The summed E-state index contributed by atoms with van der Waals surface area (Å²) in [6.07, 6.45) is 5.30. The number of amides is 1. The zero-order valence-corrected chi connectivity index (χ0v) is 12.7. The molecule has 2 aliphatic rings. The van der Waals surface area contributed by atoms with Gasteiger partial charge in [0.1, 0.15) is 0 Å². The second kappa shape index (κ2) is 7.05. The number of carbonyl (C=O) groups is 1. The Morgan fingerprint density at radius 2 is 1.71 bits per heavy atom. The maximum Gasteiger partial charge on any atom is 0.240 e. The van der Waals surface area contributed by atoms with E-state index in [2.05, 4.69) is 22.3 Å². The lowest BCUT2D eigenvalue weighted by Crippen LogP contribution is -2.41. The molecule has 114 valence electrons. The highest BCUT2D eigenvalue weighted by Crippen LogP contribution is 2.22. The summed E-state index contributed by atoms with van der Waals surface area (Å²) >= 11 is 0. The predicted octanol–water partition coefficient (Wildman–Crippen LogP) is 2.00. The van der Waals surface area contributed by atoms with Crippen molar-refractivity contribution in [3.8, 4) is 0 Å². The first-order valence-corrected chi connectivity index (χ1v) is 8.16. The summed E-state index contributed by atoms with van der Waals surface area (Å²) in [7, 11) is 0. The van der Waals surface area contributed by atoms with Gasteiger partial charge in [0.15, 0.2) is 0 Å². The van der Waals surface area contributed by atoms with Crippen molar-refractivity contribution in [2.24, 2.45) is 0 Å². The molecule has 1 aromatic carbocycles. The summed E-state index contributed by atoms with van der Waals surface area (Å²) in [4.78, 5) is 16.9. The van der Waals surface area contributed by atoms with Crippen LogP contribution < -0.4 is 10.2 Å². The van der Waals surface area contributed by atoms with Crippen LogP contribution in [0.5, 0.6) is 0 Å². The van der Waals surface area contributed by atoms with Crippen molar-refractivity contribution in [2.45, 2.75) is 32.2 Å². The van der Waals surface area contributed by atoms with Crippen LogP contribution in [0.15, 0.2) is 24.3 Å². The molecule has 3 rings (SSSR count). The van der Waals surface area contributed by atoms with Crippen molar-refractivity contribution in [3.63, 3.8) is 0 Å². The Morgan fingerprint density at radius 1 is 0.952 bits per heavy atom. The third kappa shape index (κ3) is 3.63. The molecule has 4 heteroatoms. The van der Waals surface area contributed by atoms with Gasteiger partial charge in [-0.15, -0.1) is 0 Å². The number of para-hydroxylation sites is 1. The van der Waals surface area contributed by atoms with E-state index in [1.54, 1.807) is 0 Å². The predicted molar refractivity (Wildman–Crippen MR) is 85.4 cm³/mol. The molecule has 2 aliphatic heterocycles. The fourth-order valence-electron chi connectivity index (χ4n) is 3.30. The number of likely N-dealkylation sites (tertiary alicyclic amines) is 1. The van der Waals surface area contributed by atoms with Gasteiger partial charge >= 0.3 is 0 Å². The van der Waals surface area contributed by atoms with Crippen molar-refractivity contribution < 1.29 is 4.79 Å². The Bertz CT molecular complexity index is 481. The Morgan fingerprint density at radius 3 is 2.52 bits per heavy atom. The van der Waals surface area contributed by atoms with Crippen LogP contribution in [0.25, 0.3) is 0 Å². The molecule has 0 unspecified atom stereocenters. The topological polar surface area (TPSA) is 35.6 Å². The van der Waals surface area contributed by atoms with Gasteiger partial charge in [-0.25, -0.2) is 0 Å². The maximum atomic E-state index is 12.4. The molecule has 4 nitrogen and oxygen atoms in total. The quantitative estimate of drug-likeness (QED) is 0.923. The standard InChI is InChI=1S/C17H25N3O/c21-17-14-18-13-15-7-3-4-8-16(15)20(17)12-11-19-9-5-1-2-6-10-19/h3-4,7-8,18H,1-2,5-6,9-14H2. The molecule has 1 fully saturated rings. The second-order valence-electron chi connectivity index (χ2n) is 6.03. The van der Waals surface area contributed by atoms with Crippen molar-refractivity contribution in [3.05, 3.63) is 29.8 Å². The van der Waals surface area contributed by atoms with Gasteiger partial charge in [-0.3, -0.25) is 4.79 Å². The van der Waals surface area contributed by atoms with Gasteiger partial charge in [0.05, 0.1) is 6.54 Å². The molecule has 0 radical (unpaired) electrons. The Kier molecular flexibility index (Phi) is 4.88. The number of anilines is 1. The zero-order valence-electron chi connectivity index (χ0n) is 12.7. The molecule has 1 aromatic rings. The number of nitrogens with one attached hydrogen (secondary N) is 1. The molecular weight excluding hydrogens is 262 g/mol. The Hall–Kier alpha value is -1.39. The molecule has 1 N–H and O–H groups in total. The van der Waals surface area contributed by atoms with Gasteiger partial charge in [-0.05, 0) is 37.6 Å². The number of hydrogen-bond donors (Lipinski definition) is 1. The SMILES string of the molecule is O=C1CNCc2ccccc2N1CCN1CCCCCC1. The van der Waals surface area contributed by atoms with E-state index < -0.39 is 0 Å². The van der Waals surface area contributed by atoms with Crippen LogP contribution in [-0.2, 0) is 11.3 Å². The van der Waals surface area contributed by atoms with E-state index in [1.807, 2.05) is 17.0 Å². The van der Waals surface area contributed by atoms with E-state index in [-0.39, 0.29) is 5.91 Å². The summed E-state index contributed by atoms with van der Waals surface area (Å²) in [5.74, 6) is 0.190. The average molecular weight is 287 g/mol. The van der Waals surface area contributed by atoms with Crippen molar-refractivity contribution >= 4 is 11.6 Å². The number of rotatable bonds is 3. The summed E-state index contributed by atoms with van der Waals surface area (Å²) < 4.78 is 0. The smallest absolute Gasteiger partial charge is 0.240 e. The summed E-state index contributed by atoms with van der Waals surface area (Å²) in [6, 6.07) is 8.25. The van der Waals surface area contributed by atoms with Crippen molar-refractivity contribution in [1.29, 1.82) is 0 Å². The fourth-order valence-corrected chi connectivity index (χ4v) is 3.30. The number of carbonyl (C=O) groups excluding carboxylic acids is 1. The first-order valence-electron chi connectivity index (χ1n) is 8.16. The molecular formula is C17H25N3O. The molecule has 0 atom stereocenters. The van der Waals surface area contributed by atoms with Crippen LogP contribution in [0, 0.1) is 0 Å². The van der Waals surface area contributed by atoms with E-state index >= 15 is 0 Å². The molecule has 1 saturated heterocycles. The van der Waals surface area contributed by atoms with E-state index in [9.17, 15) is 4.79 Å². The van der Waals surface area contributed by atoms with Gasteiger partial charge < -0.3 is 15.1 Å². The summed E-state index contributed by atoms with van der Waals surface area (Å²) in [5, 5.41) is 3.23. The third-order valence-electron chi connectivity index (χ3n) is 4.51. The highest BCUT2D eigenvalue weighted by Gasteiger charge is 2.22. The monoisotopic (exact) mass is 287 g/mol. The highest BCUT2D eigenvalue weighted by molar-refractivity contribution is 5.96. The van der Waals surface area contributed by atoms with Gasteiger partial charge in [0.2, 0.25) is 5.91 Å². The molecule has 1 amide bonds. The van der Waals surface area contributed by atoms with Crippen LogP contribution >= 0.6 is 0 Å². The largest absolute Gasteiger partial charge is 0.310 e. The Balaban J connectivity index is 1.69. The van der Waals surface area contributed by atoms with Gasteiger partial charge in [-0.1, -0.05) is 31.0 Å². The molecule has 0 aliphatic carbocycles. The van der Waals surface area contributed by atoms with Crippen LogP contribution in [0.3, 0.4) is 0 Å². The molecule has 0 aromatic heterocycles. The third-order valence-corrected chi connectivity index (χ3v) is 4.51. The first-order chi connectivity index (χ1) is 10.3. The highest BCUT2D eigenvalue weighted by atomic mass is 16.2. The van der Waals surface area contributed by atoms with E-state index in [1.165, 1.54) is 44.3 Å². The van der Waals surface area contributed by atoms with Gasteiger partial charge in [0, 0.05) is 25.3 Å². The lowest BCUT2D eigenvalue weighted by molar-refractivity contribution is -0.117.